The van der Waals surface area contributed by atoms with E-state index in [9.17, 15) is 4.39 Å². The summed E-state index contributed by atoms with van der Waals surface area (Å²) in [4.78, 5) is 0. The topological polar surface area (TPSA) is 53.8 Å². The van der Waals surface area contributed by atoms with Gasteiger partial charge >= 0.3 is 0 Å². The van der Waals surface area contributed by atoms with E-state index >= 15 is 0 Å². The molecule has 128 valence electrons. The van der Waals surface area contributed by atoms with Gasteiger partial charge in [-0.25, -0.2) is 4.39 Å². The summed E-state index contributed by atoms with van der Waals surface area (Å²) >= 11 is 5.40. The Balaban J connectivity index is 2.12. The van der Waals surface area contributed by atoms with Crippen molar-refractivity contribution in [3.05, 3.63) is 71.2 Å². The lowest BCUT2D eigenvalue weighted by Gasteiger charge is -2.11. The molecule has 0 atom stereocenters. The van der Waals surface area contributed by atoms with Crippen LogP contribution in [0.4, 0.5) is 4.39 Å². The lowest BCUT2D eigenvalue weighted by Crippen LogP contribution is -2.01. The standard InChI is InChI=1S/C19H18FN3OS/c1-13(7-3-2-6-12-24)18-21-22-19(25)23(18)17-11-10-16(20)14-8-4-5-9-15(14)17/h4-12,24H,2-3H2,1H3,(H,22,25)/b12-6+,13-7+. The van der Waals surface area contributed by atoms with Crippen molar-refractivity contribution in [3.63, 3.8) is 0 Å². The fraction of sp³-hybridized carbons (Fsp3) is 0.158. The number of aromatic amines is 1. The van der Waals surface area contributed by atoms with Gasteiger partial charge in [0.25, 0.3) is 0 Å². The predicted molar refractivity (Wildman–Crippen MR) is 101 cm³/mol. The third-order valence-electron chi connectivity index (χ3n) is 4.00. The molecule has 0 aliphatic carbocycles. The lowest BCUT2D eigenvalue weighted by atomic mass is 10.1. The number of halogens is 1. The molecule has 0 spiro atoms. The summed E-state index contributed by atoms with van der Waals surface area (Å²) in [5, 5.41) is 17.2. The highest BCUT2D eigenvalue weighted by Gasteiger charge is 2.14. The number of aliphatic hydroxyl groups is 1. The van der Waals surface area contributed by atoms with Crippen molar-refractivity contribution in [2.24, 2.45) is 0 Å². The maximum absolute atomic E-state index is 14.1. The Hall–Kier alpha value is -2.73. The van der Waals surface area contributed by atoms with Gasteiger partial charge in [-0.3, -0.25) is 9.67 Å². The molecular weight excluding hydrogens is 337 g/mol. The van der Waals surface area contributed by atoms with Gasteiger partial charge in [0.15, 0.2) is 10.6 Å². The molecule has 0 unspecified atom stereocenters. The van der Waals surface area contributed by atoms with Crippen LogP contribution in [-0.4, -0.2) is 19.9 Å². The second kappa shape index (κ2) is 7.44. The van der Waals surface area contributed by atoms with E-state index in [1.165, 1.54) is 6.07 Å². The first kappa shape index (κ1) is 17.1. The fourth-order valence-corrected chi connectivity index (χ4v) is 3.02. The molecule has 0 amide bonds. The van der Waals surface area contributed by atoms with Crippen molar-refractivity contribution >= 4 is 28.6 Å². The molecule has 25 heavy (non-hydrogen) atoms. The van der Waals surface area contributed by atoms with E-state index in [4.69, 9.17) is 17.3 Å². The average molecular weight is 355 g/mol. The van der Waals surface area contributed by atoms with E-state index in [1.54, 1.807) is 18.2 Å². The van der Waals surface area contributed by atoms with Crippen molar-refractivity contribution in [2.45, 2.75) is 19.8 Å². The van der Waals surface area contributed by atoms with Gasteiger partial charge in [-0.15, -0.1) is 0 Å². The zero-order valence-corrected chi connectivity index (χ0v) is 14.6. The molecule has 0 saturated carbocycles. The minimum Gasteiger partial charge on any atom is -0.516 e. The van der Waals surface area contributed by atoms with Crippen molar-refractivity contribution in [2.75, 3.05) is 0 Å². The van der Waals surface area contributed by atoms with Crippen molar-refractivity contribution < 1.29 is 9.50 Å². The fourth-order valence-electron chi connectivity index (χ4n) is 2.79. The molecule has 0 saturated heterocycles. The summed E-state index contributed by atoms with van der Waals surface area (Å²) in [5.74, 6) is 0.425. The zero-order chi connectivity index (χ0) is 17.8. The van der Waals surface area contributed by atoms with Crippen molar-refractivity contribution in [1.82, 2.24) is 14.8 Å². The van der Waals surface area contributed by atoms with Gasteiger partial charge < -0.3 is 5.11 Å². The first-order chi connectivity index (χ1) is 12.1. The number of fused-ring (bicyclic) bond motifs is 1. The van der Waals surface area contributed by atoms with Crippen molar-refractivity contribution in [3.8, 4) is 5.69 Å². The molecule has 2 aromatic carbocycles. The largest absolute Gasteiger partial charge is 0.516 e. The number of nitrogens with zero attached hydrogens (tertiary/aromatic N) is 2. The average Bonchev–Trinajstić information content (AvgIpc) is 3.01. The second-order valence-electron chi connectivity index (χ2n) is 5.65. The number of rotatable bonds is 5. The Morgan fingerprint density at radius 3 is 2.76 bits per heavy atom. The van der Waals surface area contributed by atoms with Crippen LogP contribution in [0.15, 0.2) is 54.8 Å². The minimum absolute atomic E-state index is 0.265. The number of aliphatic hydroxyl groups excluding tert-OH is 1. The molecule has 3 aromatic rings. The number of allylic oxidation sites excluding steroid dienone is 3. The van der Waals surface area contributed by atoms with Crippen LogP contribution in [0.25, 0.3) is 22.0 Å². The minimum atomic E-state index is -0.265. The van der Waals surface area contributed by atoms with Crippen LogP contribution in [0.2, 0.25) is 0 Å². The van der Waals surface area contributed by atoms with Crippen LogP contribution in [0, 0.1) is 10.6 Å². The van der Waals surface area contributed by atoms with E-state index in [0.717, 1.165) is 35.8 Å². The summed E-state index contributed by atoms with van der Waals surface area (Å²) < 4.78 is 16.4. The summed E-state index contributed by atoms with van der Waals surface area (Å²) in [6.07, 6.45) is 6.27. The molecule has 0 bridgehead atoms. The Labute approximate surface area is 149 Å². The third-order valence-corrected chi connectivity index (χ3v) is 4.28. The highest BCUT2D eigenvalue weighted by atomic mass is 32.1. The van der Waals surface area contributed by atoms with Crippen LogP contribution in [0.1, 0.15) is 25.6 Å². The molecule has 3 rings (SSSR count). The van der Waals surface area contributed by atoms with Crippen molar-refractivity contribution in [1.29, 1.82) is 0 Å². The van der Waals surface area contributed by atoms with Gasteiger partial charge in [-0.2, -0.15) is 5.10 Å². The normalized spacial score (nSPS) is 12.3. The molecule has 0 fully saturated rings. The lowest BCUT2D eigenvalue weighted by molar-refractivity contribution is 0.471. The SMILES string of the molecule is C/C(=C\CC/C=C/O)c1n[nH]c(=S)n1-c1ccc(F)c2ccccc12. The van der Waals surface area contributed by atoms with Gasteiger partial charge in [0.05, 0.1) is 11.9 Å². The third kappa shape index (κ3) is 3.39. The van der Waals surface area contributed by atoms with Crippen LogP contribution < -0.4 is 0 Å². The molecule has 4 nitrogen and oxygen atoms in total. The van der Waals surface area contributed by atoms with Crippen LogP contribution in [-0.2, 0) is 0 Å². The number of hydrogen-bond acceptors (Lipinski definition) is 3. The Kier molecular flexibility index (Phi) is 5.09. The van der Waals surface area contributed by atoms with Crippen LogP contribution in [0.5, 0.6) is 0 Å². The maximum atomic E-state index is 14.1. The molecule has 6 heteroatoms. The molecule has 0 radical (unpaired) electrons. The summed E-state index contributed by atoms with van der Waals surface area (Å²) in [7, 11) is 0. The van der Waals surface area contributed by atoms with Gasteiger partial charge in [0.1, 0.15) is 5.82 Å². The quantitative estimate of drug-likeness (QED) is 0.362. The van der Waals surface area contributed by atoms with E-state index in [2.05, 4.69) is 10.2 Å². The van der Waals surface area contributed by atoms with Crippen LogP contribution in [0.3, 0.4) is 0 Å². The number of benzene rings is 2. The second-order valence-corrected chi connectivity index (χ2v) is 6.04. The van der Waals surface area contributed by atoms with E-state index in [-0.39, 0.29) is 5.82 Å². The molecule has 0 aliphatic heterocycles. The van der Waals surface area contributed by atoms with E-state index < -0.39 is 0 Å². The van der Waals surface area contributed by atoms with Gasteiger partial charge in [-0.1, -0.05) is 30.3 Å². The van der Waals surface area contributed by atoms with E-state index in [1.807, 2.05) is 35.8 Å². The van der Waals surface area contributed by atoms with E-state index in [0.29, 0.717) is 16.0 Å². The molecule has 1 heterocycles. The Morgan fingerprint density at radius 1 is 1.24 bits per heavy atom. The van der Waals surface area contributed by atoms with Gasteiger partial charge in [0, 0.05) is 10.8 Å². The number of hydrogen-bond donors (Lipinski definition) is 2. The summed E-state index contributed by atoms with van der Waals surface area (Å²) in [6.45, 7) is 1.95. The molecule has 0 aliphatic rings. The predicted octanol–water partition coefficient (Wildman–Crippen LogP) is 5.48. The maximum Gasteiger partial charge on any atom is 0.200 e. The van der Waals surface area contributed by atoms with Gasteiger partial charge in [-0.05, 0) is 55.8 Å². The Bertz CT molecular complexity index is 1020. The zero-order valence-electron chi connectivity index (χ0n) is 13.7. The summed E-state index contributed by atoms with van der Waals surface area (Å²) in [6, 6.07) is 10.5. The highest BCUT2D eigenvalue weighted by Crippen LogP contribution is 2.27. The number of H-pyrrole nitrogens is 1. The number of aromatic nitrogens is 3. The highest BCUT2D eigenvalue weighted by molar-refractivity contribution is 7.71. The van der Waals surface area contributed by atoms with Gasteiger partial charge in [0.2, 0.25) is 0 Å². The smallest absolute Gasteiger partial charge is 0.200 e. The Morgan fingerprint density at radius 2 is 2.00 bits per heavy atom. The monoisotopic (exact) mass is 355 g/mol. The first-order valence-electron chi connectivity index (χ1n) is 7.95. The number of nitrogens with one attached hydrogen (secondary N) is 1. The van der Waals surface area contributed by atoms with Crippen LogP contribution >= 0.6 is 12.2 Å². The summed E-state index contributed by atoms with van der Waals surface area (Å²) in [5.41, 5.74) is 1.74. The molecular formula is C19H18FN3OS. The first-order valence-corrected chi connectivity index (χ1v) is 8.35. The molecule has 2 N–H and O–H groups in total. The number of unbranched alkanes of at least 4 members (excludes halogenated alkanes) is 1. The molecule has 1 aromatic heterocycles.